The lowest BCUT2D eigenvalue weighted by Gasteiger charge is -2.47. The van der Waals surface area contributed by atoms with Gasteiger partial charge in [-0.15, -0.1) is 0 Å². The molecule has 0 radical (unpaired) electrons. The molecule has 4 atom stereocenters. The summed E-state index contributed by atoms with van der Waals surface area (Å²) in [6.07, 6.45) is 3.44. The SMILES string of the molecule is CC(=O)N[C@@H](Cc1cccc(F)c1)[C@H](O)CN[C@H]1CC2(CCC2)Oc2ncc([C@@H](F)C(C)C)cc21. The number of aliphatic hydroxyl groups is 1. The molecule has 1 aromatic heterocycles. The van der Waals surface area contributed by atoms with E-state index in [4.69, 9.17) is 4.74 Å². The van der Waals surface area contributed by atoms with E-state index in [2.05, 4.69) is 15.6 Å². The fraction of sp³-hybridized carbons (Fsp3) is 0.556. The highest BCUT2D eigenvalue weighted by atomic mass is 19.1. The first-order chi connectivity index (χ1) is 16.7. The minimum atomic E-state index is -1.13. The molecule has 190 valence electrons. The second kappa shape index (κ2) is 10.6. The standard InChI is InChI=1S/C27H35F2N3O3/c1-16(2)25(29)19-12-21-23(13-27(8-5-9-27)35-26(21)31-14-19)30-15-24(34)22(32-17(3)33)11-18-6-4-7-20(28)10-18/h4,6-7,10,12,14,16,22-25,30,34H,5,8-9,11,13,15H2,1-3H3,(H,32,33)/t22-,23-,24+,25-/m0/s1. The van der Waals surface area contributed by atoms with Crippen molar-refractivity contribution in [2.24, 2.45) is 5.92 Å². The van der Waals surface area contributed by atoms with Gasteiger partial charge in [0.25, 0.3) is 0 Å². The number of aromatic nitrogens is 1. The van der Waals surface area contributed by atoms with Gasteiger partial charge in [0.2, 0.25) is 11.8 Å². The summed E-state index contributed by atoms with van der Waals surface area (Å²) < 4.78 is 34.7. The highest BCUT2D eigenvalue weighted by molar-refractivity contribution is 5.73. The summed E-state index contributed by atoms with van der Waals surface area (Å²) in [5, 5.41) is 17.2. The van der Waals surface area contributed by atoms with Crippen LogP contribution in [0.2, 0.25) is 0 Å². The van der Waals surface area contributed by atoms with Crippen LogP contribution in [0.5, 0.6) is 5.88 Å². The van der Waals surface area contributed by atoms with Gasteiger partial charge in [0.1, 0.15) is 17.6 Å². The Balaban J connectivity index is 1.51. The molecule has 0 saturated heterocycles. The molecule has 1 aromatic carbocycles. The number of rotatable bonds is 9. The molecule has 0 unspecified atom stereocenters. The smallest absolute Gasteiger partial charge is 0.218 e. The van der Waals surface area contributed by atoms with Crippen LogP contribution in [0.4, 0.5) is 8.78 Å². The summed E-state index contributed by atoms with van der Waals surface area (Å²) in [7, 11) is 0. The van der Waals surface area contributed by atoms with E-state index in [0.29, 0.717) is 23.4 Å². The van der Waals surface area contributed by atoms with Gasteiger partial charge in [-0.2, -0.15) is 0 Å². The Bertz CT molecular complexity index is 1040. The predicted molar refractivity (Wildman–Crippen MR) is 129 cm³/mol. The van der Waals surface area contributed by atoms with Gasteiger partial charge in [0.05, 0.1) is 12.1 Å². The maximum absolute atomic E-state index is 14.8. The minimum absolute atomic E-state index is 0.173. The number of amides is 1. The number of nitrogens with zero attached hydrogens (tertiary/aromatic N) is 1. The van der Waals surface area contributed by atoms with E-state index >= 15 is 0 Å². The van der Waals surface area contributed by atoms with E-state index in [-0.39, 0.29) is 42.3 Å². The highest BCUT2D eigenvalue weighted by Crippen LogP contribution is 2.48. The van der Waals surface area contributed by atoms with Gasteiger partial charge in [-0.25, -0.2) is 13.8 Å². The van der Waals surface area contributed by atoms with Crippen molar-refractivity contribution in [2.75, 3.05) is 6.54 Å². The number of carbonyl (C=O) groups excluding carboxylic acids is 1. The Morgan fingerprint density at radius 1 is 1.31 bits per heavy atom. The van der Waals surface area contributed by atoms with Crippen LogP contribution >= 0.6 is 0 Å². The maximum Gasteiger partial charge on any atom is 0.218 e. The van der Waals surface area contributed by atoms with Crippen molar-refractivity contribution in [3.05, 3.63) is 59.0 Å². The monoisotopic (exact) mass is 487 g/mol. The molecular weight excluding hydrogens is 452 g/mol. The summed E-state index contributed by atoms with van der Waals surface area (Å²) in [6.45, 7) is 5.24. The number of halogens is 2. The van der Waals surface area contributed by atoms with Crippen molar-refractivity contribution in [3.8, 4) is 5.88 Å². The van der Waals surface area contributed by atoms with Gasteiger partial charge in [-0.1, -0.05) is 26.0 Å². The number of hydrogen-bond acceptors (Lipinski definition) is 5. The fourth-order valence-electron chi connectivity index (χ4n) is 5.01. The Hall–Kier alpha value is -2.58. The number of nitrogens with one attached hydrogen (secondary N) is 2. The largest absolute Gasteiger partial charge is 0.471 e. The molecule has 1 spiro atoms. The van der Waals surface area contributed by atoms with Crippen molar-refractivity contribution < 1.29 is 23.4 Å². The Labute approximate surface area is 205 Å². The number of carbonyl (C=O) groups is 1. The quantitative estimate of drug-likeness (QED) is 0.490. The molecule has 1 fully saturated rings. The van der Waals surface area contributed by atoms with Crippen molar-refractivity contribution in [3.63, 3.8) is 0 Å². The maximum atomic E-state index is 14.8. The number of aliphatic hydroxyl groups excluding tert-OH is 1. The second-order valence-corrected chi connectivity index (χ2v) is 10.3. The first-order valence-electron chi connectivity index (χ1n) is 12.4. The van der Waals surface area contributed by atoms with Crippen molar-refractivity contribution >= 4 is 5.91 Å². The molecule has 35 heavy (non-hydrogen) atoms. The lowest BCUT2D eigenvalue weighted by molar-refractivity contribution is -0.120. The molecule has 3 N–H and O–H groups in total. The number of pyridine rings is 1. The Morgan fingerprint density at radius 2 is 2.09 bits per heavy atom. The molecule has 2 aliphatic rings. The molecule has 0 bridgehead atoms. The van der Waals surface area contributed by atoms with Crippen LogP contribution < -0.4 is 15.4 Å². The average molecular weight is 488 g/mol. The summed E-state index contributed by atoms with van der Waals surface area (Å²) in [4.78, 5) is 16.3. The van der Waals surface area contributed by atoms with E-state index in [9.17, 15) is 18.7 Å². The van der Waals surface area contributed by atoms with Gasteiger partial charge in [-0.3, -0.25) is 4.79 Å². The Morgan fingerprint density at radius 3 is 2.71 bits per heavy atom. The zero-order valence-corrected chi connectivity index (χ0v) is 20.6. The van der Waals surface area contributed by atoms with Crippen LogP contribution in [0.15, 0.2) is 36.5 Å². The molecule has 1 aliphatic carbocycles. The van der Waals surface area contributed by atoms with Crippen LogP contribution in [0, 0.1) is 11.7 Å². The summed E-state index contributed by atoms with van der Waals surface area (Å²) in [5.41, 5.74) is 1.71. The second-order valence-electron chi connectivity index (χ2n) is 10.3. The van der Waals surface area contributed by atoms with E-state index in [1.54, 1.807) is 18.3 Å². The number of fused-ring (bicyclic) bond motifs is 1. The number of alkyl halides is 1. The average Bonchev–Trinajstić information content (AvgIpc) is 2.79. The lowest BCUT2D eigenvalue weighted by Crippen LogP contribution is -2.52. The van der Waals surface area contributed by atoms with Gasteiger partial charge in [0.15, 0.2) is 0 Å². The van der Waals surface area contributed by atoms with E-state index < -0.39 is 18.3 Å². The van der Waals surface area contributed by atoms with Crippen molar-refractivity contribution in [2.45, 2.75) is 82.8 Å². The van der Waals surface area contributed by atoms with Crippen LogP contribution in [-0.2, 0) is 11.2 Å². The highest BCUT2D eigenvalue weighted by Gasteiger charge is 2.46. The third kappa shape index (κ3) is 5.98. The van der Waals surface area contributed by atoms with Crippen LogP contribution in [-0.4, -0.2) is 40.3 Å². The molecule has 6 nitrogen and oxygen atoms in total. The zero-order valence-electron chi connectivity index (χ0n) is 20.6. The van der Waals surface area contributed by atoms with E-state index in [0.717, 1.165) is 24.8 Å². The molecule has 8 heteroatoms. The normalized spacial score (nSPS) is 20.9. The van der Waals surface area contributed by atoms with E-state index in [1.165, 1.54) is 19.1 Å². The zero-order chi connectivity index (χ0) is 25.2. The van der Waals surface area contributed by atoms with E-state index in [1.807, 2.05) is 19.9 Å². The first kappa shape index (κ1) is 25.5. The summed E-state index contributed by atoms with van der Waals surface area (Å²) in [6, 6.07) is 7.18. The number of hydrogen-bond donors (Lipinski definition) is 3. The van der Waals surface area contributed by atoms with Crippen LogP contribution in [0.1, 0.15) is 75.4 Å². The minimum Gasteiger partial charge on any atom is -0.471 e. The molecule has 2 aromatic rings. The summed E-state index contributed by atoms with van der Waals surface area (Å²) in [5.74, 6) is -0.295. The molecule has 4 rings (SSSR count). The van der Waals surface area contributed by atoms with Crippen LogP contribution in [0.25, 0.3) is 0 Å². The molecular formula is C27H35F2N3O3. The van der Waals surface area contributed by atoms with Gasteiger partial charge < -0.3 is 20.5 Å². The molecule has 2 heterocycles. The van der Waals surface area contributed by atoms with Gasteiger partial charge >= 0.3 is 0 Å². The number of ether oxygens (including phenoxy) is 1. The van der Waals surface area contributed by atoms with Crippen molar-refractivity contribution in [1.29, 1.82) is 0 Å². The lowest BCUT2D eigenvalue weighted by atomic mass is 9.73. The predicted octanol–water partition coefficient (Wildman–Crippen LogP) is 4.33. The van der Waals surface area contributed by atoms with Gasteiger partial charge in [-0.05, 0) is 55.4 Å². The van der Waals surface area contributed by atoms with Gasteiger partial charge in [0, 0.05) is 43.3 Å². The topological polar surface area (TPSA) is 83.5 Å². The third-order valence-corrected chi connectivity index (χ3v) is 7.10. The molecule has 1 amide bonds. The number of benzene rings is 1. The molecule has 1 saturated carbocycles. The van der Waals surface area contributed by atoms with Crippen LogP contribution in [0.3, 0.4) is 0 Å². The molecule has 1 aliphatic heterocycles. The summed E-state index contributed by atoms with van der Waals surface area (Å²) >= 11 is 0. The fourth-order valence-corrected chi connectivity index (χ4v) is 5.01. The first-order valence-corrected chi connectivity index (χ1v) is 12.4. The Kier molecular flexibility index (Phi) is 7.71. The van der Waals surface area contributed by atoms with Crippen molar-refractivity contribution in [1.82, 2.24) is 15.6 Å². The third-order valence-electron chi connectivity index (χ3n) is 7.10.